The summed E-state index contributed by atoms with van der Waals surface area (Å²) in [5.41, 5.74) is 0.771. The molecule has 0 radical (unpaired) electrons. The summed E-state index contributed by atoms with van der Waals surface area (Å²) in [5.74, 6) is -1.57. The van der Waals surface area contributed by atoms with Gasteiger partial charge in [-0.15, -0.1) is 10.2 Å². The Balaban J connectivity index is 1.42. The van der Waals surface area contributed by atoms with E-state index in [1.807, 2.05) is 37.3 Å². The van der Waals surface area contributed by atoms with E-state index in [0.717, 1.165) is 17.7 Å². The van der Waals surface area contributed by atoms with Crippen molar-refractivity contribution >= 4 is 11.6 Å². The average Bonchev–Trinajstić information content (AvgIpc) is 3.20. The number of benzene rings is 2. The molecule has 0 spiro atoms. The highest BCUT2D eigenvalue weighted by Crippen LogP contribution is 2.14. The van der Waals surface area contributed by atoms with E-state index < -0.39 is 17.2 Å². The second-order valence-electron chi connectivity index (χ2n) is 7.43. The van der Waals surface area contributed by atoms with Crippen LogP contribution in [0, 0.1) is 11.6 Å². The predicted molar refractivity (Wildman–Crippen MR) is 114 cm³/mol. The van der Waals surface area contributed by atoms with Crippen LogP contribution in [0.2, 0.25) is 0 Å². The molecule has 2 heterocycles. The number of carbonyl (C=O) groups excluding carboxylic acids is 1. The number of aromatic nitrogens is 4. The molecule has 32 heavy (non-hydrogen) atoms. The third-order valence-electron chi connectivity index (χ3n) is 5.20. The zero-order valence-corrected chi connectivity index (χ0v) is 17.3. The predicted octanol–water partition coefficient (Wildman–Crippen LogP) is 3.36. The zero-order valence-electron chi connectivity index (χ0n) is 17.3. The first-order valence-electron chi connectivity index (χ1n) is 10.2. The number of nitrogens with one attached hydrogen (secondary N) is 1. The van der Waals surface area contributed by atoms with E-state index in [-0.39, 0.29) is 23.3 Å². The van der Waals surface area contributed by atoms with Crippen molar-refractivity contribution in [1.82, 2.24) is 24.5 Å². The minimum Gasteiger partial charge on any atom is -0.350 e. The molecular formula is C23H21F2N5O2. The molecule has 2 aromatic heterocycles. The highest BCUT2D eigenvalue weighted by Gasteiger charge is 2.14. The van der Waals surface area contributed by atoms with Crippen molar-refractivity contribution in [3.8, 4) is 5.69 Å². The molecule has 1 amide bonds. The van der Waals surface area contributed by atoms with Gasteiger partial charge in [-0.1, -0.05) is 30.3 Å². The van der Waals surface area contributed by atoms with Crippen LogP contribution in [0.1, 0.15) is 37.2 Å². The molecule has 2 aromatic carbocycles. The molecule has 0 aliphatic carbocycles. The molecular weight excluding hydrogens is 416 g/mol. The van der Waals surface area contributed by atoms with Crippen molar-refractivity contribution < 1.29 is 13.6 Å². The van der Waals surface area contributed by atoms with E-state index in [4.69, 9.17) is 0 Å². The van der Waals surface area contributed by atoms with Gasteiger partial charge in [0.1, 0.15) is 5.82 Å². The SMILES string of the molecule is CC(NC(=O)CCCc1nnc2c(=O)n(-c3ccc(F)c(F)c3)ccn12)c1ccccc1. The Morgan fingerprint density at radius 2 is 1.84 bits per heavy atom. The standard InChI is InChI=1S/C23H21F2N5O2/c1-15(16-6-3-2-4-7-16)26-21(31)9-5-8-20-27-28-22-23(32)29(12-13-30(20)22)17-10-11-18(24)19(25)14-17/h2-4,6-7,10-15H,5,8-9H2,1H3,(H,26,31). The number of halogens is 2. The number of nitrogens with zero attached hydrogens (tertiary/aromatic N) is 4. The van der Waals surface area contributed by atoms with E-state index in [0.29, 0.717) is 25.1 Å². The number of rotatable bonds is 7. The molecule has 0 saturated heterocycles. The fourth-order valence-electron chi connectivity index (χ4n) is 3.49. The molecule has 0 bridgehead atoms. The van der Waals surface area contributed by atoms with Gasteiger partial charge in [0.2, 0.25) is 11.6 Å². The summed E-state index contributed by atoms with van der Waals surface area (Å²) in [6.45, 7) is 1.93. The van der Waals surface area contributed by atoms with Crippen molar-refractivity contribution in [2.75, 3.05) is 0 Å². The van der Waals surface area contributed by atoms with Gasteiger partial charge in [0, 0.05) is 31.3 Å². The summed E-state index contributed by atoms with van der Waals surface area (Å²) >= 11 is 0. The highest BCUT2D eigenvalue weighted by atomic mass is 19.2. The van der Waals surface area contributed by atoms with Gasteiger partial charge in [0.05, 0.1) is 11.7 Å². The van der Waals surface area contributed by atoms with Gasteiger partial charge < -0.3 is 5.32 Å². The Morgan fingerprint density at radius 3 is 2.59 bits per heavy atom. The van der Waals surface area contributed by atoms with Gasteiger partial charge in [-0.05, 0) is 31.0 Å². The van der Waals surface area contributed by atoms with Crippen LogP contribution in [0.4, 0.5) is 8.78 Å². The quantitative estimate of drug-likeness (QED) is 0.481. The lowest BCUT2D eigenvalue weighted by Gasteiger charge is -2.14. The van der Waals surface area contributed by atoms with Crippen LogP contribution >= 0.6 is 0 Å². The zero-order chi connectivity index (χ0) is 22.7. The molecule has 1 atom stereocenters. The van der Waals surface area contributed by atoms with Crippen LogP contribution in [-0.4, -0.2) is 25.1 Å². The Bertz CT molecular complexity index is 1320. The van der Waals surface area contributed by atoms with Crippen LogP contribution < -0.4 is 10.9 Å². The monoisotopic (exact) mass is 437 g/mol. The Hall–Kier alpha value is -3.88. The first-order valence-corrected chi connectivity index (χ1v) is 10.2. The van der Waals surface area contributed by atoms with E-state index >= 15 is 0 Å². The molecule has 0 fully saturated rings. The molecule has 1 N–H and O–H groups in total. The summed E-state index contributed by atoms with van der Waals surface area (Å²) < 4.78 is 29.4. The summed E-state index contributed by atoms with van der Waals surface area (Å²) in [4.78, 5) is 25.0. The summed E-state index contributed by atoms with van der Waals surface area (Å²) in [6, 6.07) is 12.8. The van der Waals surface area contributed by atoms with E-state index in [9.17, 15) is 18.4 Å². The number of carbonyl (C=O) groups is 1. The maximum Gasteiger partial charge on any atom is 0.300 e. The highest BCUT2D eigenvalue weighted by molar-refractivity contribution is 5.76. The van der Waals surface area contributed by atoms with Crippen molar-refractivity contribution in [1.29, 1.82) is 0 Å². The normalized spacial score (nSPS) is 12.1. The molecule has 0 aliphatic heterocycles. The molecule has 164 valence electrons. The first-order chi connectivity index (χ1) is 15.4. The third-order valence-corrected chi connectivity index (χ3v) is 5.20. The van der Waals surface area contributed by atoms with Crippen molar-refractivity contribution in [3.05, 3.63) is 94.3 Å². The first kappa shape index (κ1) is 21.4. The largest absolute Gasteiger partial charge is 0.350 e. The lowest BCUT2D eigenvalue weighted by molar-refractivity contribution is -0.121. The number of fused-ring (bicyclic) bond motifs is 1. The van der Waals surface area contributed by atoms with E-state index in [2.05, 4.69) is 15.5 Å². The molecule has 9 heteroatoms. The average molecular weight is 437 g/mol. The summed E-state index contributed by atoms with van der Waals surface area (Å²) in [5, 5.41) is 11.0. The second kappa shape index (κ2) is 9.09. The minimum absolute atomic E-state index is 0.0642. The van der Waals surface area contributed by atoms with Crippen LogP contribution in [0.25, 0.3) is 11.3 Å². The fraction of sp³-hybridized carbons (Fsp3) is 0.217. The van der Waals surface area contributed by atoms with E-state index in [1.165, 1.54) is 16.8 Å². The van der Waals surface area contributed by atoms with Crippen LogP contribution in [0.15, 0.2) is 65.7 Å². The number of hydrogen-bond acceptors (Lipinski definition) is 4. The molecule has 7 nitrogen and oxygen atoms in total. The van der Waals surface area contributed by atoms with Crippen LogP contribution in [-0.2, 0) is 11.2 Å². The molecule has 1 unspecified atom stereocenters. The smallest absolute Gasteiger partial charge is 0.300 e. The van der Waals surface area contributed by atoms with Crippen molar-refractivity contribution in [3.63, 3.8) is 0 Å². The Morgan fingerprint density at radius 1 is 1.06 bits per heavy atom. The van der Waals surface area contributed by atoms with Gasteiger partial charge in [0.15, 0.2) is 11.6 Å². The Kier molecular flexibility index (Phi) is 6.07. The maximum absolute atomic E-state index is 13.5. The minimum atomic E-state index is -1.05. The molecule has 0 saturated carbocycles. The van der Waals surface area contributed by atoms with Gasteiger partial charge in [0.25, 0.3) is 0 Å². The van der Waals surface area contributed by atoms with Crippen LogP contribution in [0.5, 0.6) is 0 Å². The topological polar surface area (TPSA) is 81.3 Å². The lowest BCUT2D eigenvalue weighted by atomic mass is 10.1. The second-order valence-corrected chi connectivity index (χ2v) is 7.43. The van der Waals surface area contributed by atoms with Gasteiger partial charge in [-0.25, -0.2) is 8.78 Å². The number of hydrogen-bond donors (Lipinski definition) is 1. The van der Waals surface area contributed by atoms with Crippen LogP contribution in [0.3, 0.4) is 0 Å². The summed E-state index contributed by atoms with van der Waals surface area (Å²) in [6.07, 6.45) is 4.31. The molecule has 4 rings (SSSR count). The maximum atomic E-state index is 13.5. The Labute approximate surface area is 182 Å². The number of amides is 1. The van der Waals surface area contributed by atoms with Gasteiger partial charge in [-0.2, -0.15) is 0 Å². The molecule has 4 aromatic rings. The van der Waals surface area contributed by atoms with Gasteiger partial charge in [-0.3, -0.25) is 18.6 Å². The van der Waals surface area contributed by atoms with Gasteiger partial charge >= 0.3 is 5.56 Å². The number of aryl methyl sites for hydroxylation is 1. The lowest BCUT2D eigenvalue weighted by Crippen LogP contribution is -2.26. The van der Waals surface area contributed by atoms with Crippen molar-refractivity contribution in [2.24, 2.45) is 0 Å². The fourth-order valence-corrected chi connectivity index (χ4v) is 3.49. The third kappa shape index (κ3) is 4.41. The molecule has 0 aliphatic rings. The van der Waals surface area contributed by atoms with Crippen molar-refractivity contribution in [2.45, 2.75) is 32.2 Å². The van der Waals surface area contributed by atoms with E-state index in [1.54, 1.807) is 10.6 Å². The summed E-state index contributed by atoms with van der Waals surface area (Å²) in [7, 11) is 0.